The van der Waals surface area contributed by atoms with E-state index in [1.807, 2.05) is 36.8 Å². The predicted octanol–water partition coefficient (Wildman–Crippen LogP) is 7.99. The summed E-state index contributed by atoms with van der Waals surface area (Å²) >= 11 is 31.6. The lowest BCUT2D eigenvalue weighted by Gasteiger charge is -2.18. The average molecular weight is 404 g/mol. The Hall–Kier alpha value is -0.630. The number of allylic oxidation sites excluding steroid dienone is 4. The van der Waals surface area contributed by atoms with E-state index in [0.717, 1.165) is 22.3 Å². The lowest BCUT2D eigenvalue weighted by atomic mass is 9.93. The summed E-state index contributed by atoms with van der Waals surface area (Å²) < 4.78 is 0. The van der Waals surface area contributed by atoms with Gasteiger partial charge in [-0.05, 0) is 47.7 Å². The molecule has 1 aliphatic carbocycles. The Morgan fingerprint density at radius 2 is 1.65 bits per heavy atom. The molecule has 0 nitrogen and oxygen atoms in total. The molecule has 0 aromatic heterocycles. The number of hydrogen-bond donors (Lipinski definition) is 0. The summed E-state index contributed by atoms with van der Waals surface area (Å²) in [5.41, 5.74) is 3.18. The maximum absolute atomic E-state index is 6.64. The van der Waals surface area contributed by atoms with E-state index < -0.39 is 0 Å². The van der Waals surface area contributed by atoms with Crippen LogP contribution in [-0.4, -0.2) is 0 Å². The van der Waals surface area contributed by atoms with Crippen LogP contribution in [0.25, 0.3) is 16.7 Å². The smallest absolute Gasteiger partial charge is 0.0630 e. The Labute approximate surface area is 160 Å². The standard InChI is InChI=1S/C18H10Cl5/c19-11-4-1-3-10(9-11)16-14(20)8-7-13(18(16)23)12-5-2-6-15(21)17(12)22/h1,3-9H,2H2. The van der Waals surface area contributed by atoms with Crippen molar-refractivity contribution < 1.29 is 0 Å². The van der Waals surface area contributed by atoms with Crippen LogP contribution in [0.2, 0.25) is 15.1 Å². The highest BCUT2D eigenvalue weighted by molar-refractivity contribution is 6.47. The molecular weight excluding hydrogens is 393 g/mol. The number of hydrogen-bond acceptors (Lipinski definition) is 0. The maximum atomic E-state index is 6.64. The third-order valence-corrected chi connectivity index (χ3v) is 5.35. The second-order valence-electron chi connectivity index (χ2n) is 5.01. The molecule has 0 aliphatic heterocycles. The number of halogens is 5. The van der Waals surface area contributed by atoms with Gasteiger partial charge in [0.2, 0.25) is 0 Å². The van der Waals surface area contributed by atoms with Crippen LogP contribution >= 0.6 is 58.0 Å². The molecule has 5 heteroatoms. The monoisotopic (exact) mass is 401 g/mol. The molecule has 0 fully saturated rings. The Morgan fingerprint density at radius 1 is 0.870 bits per heavy atom. The first-order valence-corrected chi connectivity index (χ1v) is 8.71. The van der Waals surface area contributed by atoms with Crippen molar-refractivity contribution in [2.75, 3.05) is 0 Å². The van der Waals surface area contributed by atoms with Gasteiger partial charge in [-0.1, -0.05) is 82.3 Å². The van der Waals surface area contributed by atoms with Gasteiger partial charge >= 0.3 is 0 Å². The van der Waals surface area contributed by atoms with Crippen LogP contribution < -0.4 is 0 Å². The van der Waals surface area contributed by atoms with Crippen molar-refractivity contribution in [1.29, 1.82) is 0 Å². The quantitative estimate of drug-likeness (QED) is 0.476. The van der Waals surface area contributed by atoms with Gasteiger partial charge in [-0.2, -0.15) is 0 Å². The molecule has 0 amide bonds. The van der Waals surface area contributed by atoms with Crippen LogP contribution in [0.4, 0.5) is 0 Å². The third kappa shape index (κ3) is 3.43. The predicted molar refractivity (Wildman–Crippen MR) is 103 cm³/mol. The van der Waals surface area contributed by atoms with Crippen molar-refractivity contribution in [2.45, 2.75) is 6.42 Å². The zero-order chi connectivity index (χ0) is 16.6. The minimum absolute atomic E-state index is 0.485. The van der Waals surface area contributed by atoms with E-state index in [2.05, 4.69) is 0 Å². The minimum atomic E-state index is 0.485. The van der Waals surface area contributed by atoms with Gasteiger partial charge in [0.15, 0.2) is 0 Å². The van der Waals surface area contributed by atoms with Crippen molar-refractivity contribution in [2.24, 2.45) is 0 Å². The van der Waals surface area contributed by atoms with Crippen molar-refractivity contribution in [3.05, 3.63) is 79.6 Å². The van der Waals surface area contributed by atoms with E-state index in [4.69, 9.17) is 58.0 Å². The van der Waals surface area contributed by atoms with Gasteiger partial charge in [0.1, 0.15) is 0 Å². The second-order valence-corrected chi connectivity index (χ2v) is 7.02. The molecule has 0 N–H and O–H groups in total. The SMILES string of the molecule is ClC1=CC[CH]C(c2ccc(Cl)c(-c3cccc(Cl)c3)c2Cl)=C1Cl. The number of benzene rings is 2. The Balaban J connectivity index is 2.21. The summed E-state index contributed by atoms with van der Waals surface area (Å²) in [6, 6.07) is 11.0. The molecule has 3 rings (SSSR count). The van der Waals surface area contributed by atoms with Crippen LogP contribution in [0.5, 0.6) is 0 Å². The van der Waals surface area contributed by atoms with E-state index in [1.165, 1.54) is 0 Å². The van der Waals surface area contributed by atoms with Crippen molar-refractivity contribution in [1.82, 2.24) is 0 Å². The fourth-order valence-electron chi connectivity index (χ4n) is 2.49. The molecule has 0 spiro atoms. The normalized spacial score (nSPS) is 14.9. The van der Waals surface area contributed by atoms with Gasteiger partial charge < -0.3 is 0 Å². The first kappa shape index (κ1) is 17.2. The first-order valence-electron chi connectivity index (χ1n) is 6.82. The average Bonchev–Trinajstić information content (AvgIpc) is 2.51. The Bertz CT molecular complexity index is 833. The summed E-state index contributed by atoms with van der Waals surface area (Å²) in [6.45, 7) is 0. The van der Waals surface area contributed by atoms with E-state index in [1.54, 1.807) is 12.1 Å². The fraction of sp³-hybridized carbons (Fsp3) is 0.0556. The van der Waals surface area contributed by atoms with Gasteiger partial charge in [0.25, 0.3) is 0 Å². The Kier molecular flexibility index (Phi) is 5.30. The van der Waals surface area contributed by atoms with Crippen molar-refractivity contribution in [3.63, 3.8) is 0 Å². The molecule has 0 bridgehead atoms. The highest BCUT2D eigenvalue weighted by Crippen LogP contribution is 2.44. The Morgan fingerprint density at radius 3 is 2.39 bits per heavy atom. The molecule has 0 unspecified atom stereocenters. The molecule has 23 heavy (non-hydrogen) atoms. The van der Waals surface area contributed by atoms with E-state index in [-0.39, 0.29) is 0 Å². The van der Waals surface area contributed by atoms with Crippen LogP contribution in [0, 0.1) is 6.42 Å². The molecule has 0 saturated heterocycles. The molecule has 0 heterocycles. The minimum Gasteiger partial charge on any atom is -0.0843 e. The fourth-order valence-corrected chi connectivity index (χ4v) is 3.81. The summed E-state index contributed by atoms with van der Waals surface area (Å²) in [5.74, 6) is 0. The molecule has 0 atom stereocenters. The summed E-state index contributed by atoms with van der Waals surface area (Å²) in [6.07, 6.45) is 4.55. The first-order chi connectivity index (χ1) is 11.0. The van der Waals surface area contributed by atoms with Gasteiger partial charge in [-0.25, -0.2) is 0 Å². The van der Waals surface area contributed by atoms with Crippen molar-refractivity contribution in [3.8, 4) is 11.1 Å². The molecule has 0 saturated carbocycles. The molecule has 2 aromatic rings. The topological polar surface area (TPSA) is 0 Å². The van der Waals surface area contributed by atoms with E-state index in [9.17, 15) is 0 Å². The van der Waals surface area contributed by atoms with Gasteiger partial charge in [-0.15, -0.1) is 0 Å². The zero-order valence-electron chi connectivity index (χ0n) is 11.7. The van der Waals surface area contributed by atoms with E-state index in [0.29, 0.717) is 31.6 Å². The third-order valence-electron chi connectivity index (χ3n) is 3.56. The molecule has 117 valence electrons. The number of rotatable bonds is 2. The summed E-state index contributed by atoms with van der Waals surface area (Å²) in [7, 11) is 0. The lowest BCUT2D eigenvalue weighted by molar-refractivity contribution is 1.26. The highest BCUT2D eigenvalue weighted by atomic mass is 35.5. The van der Waals surface area contributed by atoms with Crippen LogP contribution in [0.3, 0.4) is 0 Å². The molecule has 2 aromatic carbocycles. The highest BCUT2D eigenvalue weighted by Gasteiger charge is 2.20. The molecule has 1 aliphatic rings. The lowest BCUT2D eigenvalue weighted by Crippen LogP contribution is -1.97. The largest absolute Gasteiger partial charge is 0.0843 e. The molecule has 1 radical (unpaired) electrons. The van der Waals surface area contributed by atoms with Gasteiger partial charge in [0, 0.05) is 15.6 Å². The van der Waals surface area contributed by atoms with Crippen LogP contribution in [0.1, 0.15) is 12.0 Å². The maximum Gasteiger partial charge on any atom is 0.0630 e. The second kappa shape index (κ2) is 7.09. The van der Waals surface area contributed by atoms with Crippen molar-refractivity contribution >= 4 is 63.6 Å². The summed E-state index contributed by atoms with van der Waals surface area (Å²) in [4.78, 5) is 0. The van der Waals surface area contributed by atoms with Gasteiger partial charge in [-0.3, -0.25) is 0 Å². The van der Waals surface area contributed by atoms with E-state index >= 15 is 0 Å². The summed E-state index contributed by atoms with van der Waals surface area (Å²) in [5, 5.41) is 2.71. The van der Waals surface area contributed by atoms with Gasteiger partial charge in [0.05, 0.1) is 15.1 Å². The van der Waals surface area contributed by atoms with Crippen LogP contribution in [0.15, 0.2) is 52.5 Å². The zero-order valence-corrected chi connectivity index (χ0v) is 15.5. The van der Waals surface area contributed by atoms with Crippen LogP contribution in [-0.2, 0) is 0 Å². The molecular formula is C18H10Cl5.